The van der Waals surface area contributed by atoms with Crippen LogP contribution in [0.25, 0.3) is 0 Å². The summed E-state index contributed by atoms with van der Waals surface area (Å²) < 4.78 is 10.6. The highest BCUT2D eigenvalue weighted by Crippen LogP contribution is 2.33. The Bertz CT molecular complexity index is 497. The van der Waals surface area contributed by atoms with Gasteiger partial charge in [0.05, 0.1) is 20.8 Å². The van der Waals surface area contributed by atoms with Crippen molar-refractivity contribution in [2.45, 2.75) is 32.4 Å². The molecule has 1 fully saturated rings. The highest BCUT2D eigenvalue weighted by atomic mass is 16.5. The number of aryl methyl sites for hydroxylation is 1. The molecule has 1 saturated carbocycles. The van der Waals surface area contributed by atoms with Crippen molar-refractivity contribution in [2.24, 2.45) is 0 Å². The molecular formula is C15H21NO4. The second-order valence-electron chi connectivity index (χ2n) is 5.16. The van der Waals surface area contributed by atoms with Gasteiger partial charge in [-0.15, -0.1) is 0 Å². The van der Waals surface area contributed by atoms with Gasteiger partial charge < -0.3 is 14.6 Å². The first-order valence-corrected chi connectivity index (χ1v) is 6.72. The predicted octanol–water partition coefficient (Wildman–Crippen LogP) is 2.06. The van der Waals surface area contributed by atoms with Crippen LogP contribution in [0.2, 0.25) is 0 Å². The summed E-state index contributed by atoms with van der Waals surface area (Å²) >= 11 is 0. The van der Waals surface area contributed by atoms with Crippen molar-refractivity contribution in [3.63, 3.8) is 0 Å². The summed E-state index contributed by atoms with van der Waals surface area (Å²) in [6.45, 7) is 2.71. The maximum Gasteiger partial charge on any atom is 0.317 e. The van der Waals surface area contributed by atoms with Crippen LogP contribution >= 0.6 is 0 Å². The minimum Gasteiger partial charge on any atom is -0.493 e. The second kappa shape index (κ2) is 6.13. The maximum absolute atomic E-state index is 11.0. The van der Waals surface area contributed by atoms with E-state index < -0.39 is 5.97 Å². The molecule has 110 valence electrons. The van der Waals surface area contributed by atoms with Gasteiger partial charge in [-0.2, -0.15) is 0 Å². The van der Waals surface area contributed by atoms with Gasteiger partial charge in [-0.3, -0.25) is 9.69 Å². The Balaban J connectivity index is 2.20. The first-order valence-electron chi connectivity index (χ1n) is 6.72. The van der Waals surface area contributed by atoms with Crippen LogP contribution in [0.15, 0.2) is 12.1 Å². The Labute approximate surface area is 119 Å². The fraction of sp³-hybridized carbons (Fsp3) is 0.533. The molecule has 0 aromatic heterocycles. The third kappa shape index (κ3) is 3.42. The molecule has 0 heterocycles. The van der Waals surface area contributed by atoms with E-state index in [4.69, 9.17) is 14.6 Å². The average molecular weight is 279 g/mol. The van der Waals surface area contributed by atoms with Crippen LogP contribution in [-0.4, -0.2) is 42.8 Å². The number of hydrogen-bond donors (Lipinski definition) is 1. The van der Waals surface area contributed by atoms with Gasteiger partial charge in [0, 0.05) is 12.6 Å². The largest absolute Gasteiger partial charge is 0.493 e. The quantitative estimate of drug-likeness (QED) is 0.828. The summed E-state index contributed by atoms with van der Waals surface area (Å²) in [5.74, 6) is 0.596. The summed E-state index contributed by atoms with van der Waals surface area (Å²) in [4.78, 5) is 13.0. The monoisotopic (exact) mass is 279 g/mol. The Morgan fingerprint density at radius 1 is 1.30 bits per heavy atom. The number of nitrogens with zero attached hydrogens (tertiary/aromatic N) is 1. The van der Waals surface area contributed by atoms with E-state index in [0.717, 1.165) is 24.0 Å². The molecule has 20 heavy (non-hydrogen) atoms. The lowest BCUT2D eigenvalue weighted by molar-refractivity contribution is -0.138. The second-order valence-corrected chi connectivity index (χ2v) is 5.16. The van der Waals surface area contributed by atoms with Gasteiger partial charge in [-0.25, -0.2) is 0 Å². The van der Waals surface area contributed by atoms with E-state index in [1.165, 1.54) is 0 Å². The molecule has 1 aliphatic carbocycles. The van der Waals surface area contributed by atoms with Crippen LogP contribution in [0.5, 0.6) is 11.5 Å². The lowest BCUT2D eigenvalue weighted by atomic mass is 10.1. The fourth-order valence-electron chi connectivity index (χ4n) is 2.34. The van der Waals surface area contributed by atoms with Crippen LogP contribution in [0, 0.1) is 6.92 Å². The minimum absolute atomic E-state index is 0.0818. The standard InChI is InChI=1S/C15H21NO4/c1-10-6-13(19-2)14(20-3)7-11(10)8-16(9-15(17)18)12-4-5-12/h6-7,12H,4-5,8-9H2,1-3H3,(H,17,18). The Hall–Kier alpha value is -1.75. The number of carbonyl (C=O) groups is 1. The summed E-state index contributed by atoms with van der Waals surface area (Å²) in [6, 6.07) is 4.27. The van der Waals surface area contributed by atoms with Crippen molar-refractivity contribution in [3.8, 4) is 11.5 Å². The number of rotatable bonds is 7. The summed E-state index contributed by atoms with van der Waals surface area (Å²) in [5, 5.41) is 9.00. The van der Waals surface area contributed by atoms with Gasteiger partial charge in [0.15, 0.2) is 11.5 Å². The molecule has 0 atom stereocenters. The Morgan fingerprint density at radius 2 is 1.90 bits per heavy atom. The molecule has 1 aliphatic rings. The predicted molar refractivity (Wildman–Crippen MR) is 75.4 cm³/mol. The van der Waals surface area contributed by atoms with Gasteiger partial charge in [0.1, 0.15) is 0 Å². The molecule has 0 saturated heterocycles. The van der Waals surface area contributed by atoms with Crippen molar-refractivity contribution in [3.05, 3.63) is 23.3 Å². The Morgan fingerprint density at radius 3 is 2.40 bits per heavy atom. The molecule has 5 nitrogen and oxygen atoms in total. The average Bonchev–Trinajstić information content (AvgIpc) is 3.23. The SMILES string of the molecule is COc1cc(C)c(CN(CC(=O)O)C2CC2)cc1OC. The molecule has 2 rings (SSSR count). The minimum atomic E-state index is -0.782. The number of hydrogen-bond acceptors (Lipinski definition) is 4. The first kappa shape index (κ1) is 14.7. The third-order valence-corrected chi connectivity index (χ3v) is 3.62. The highest BCUT2D eigenvalue weighted by molar-refractivity contribution is 5.69. The number of benzene rings is 1. The first-order chi connectivity index (χ1) is 9.55. The summed E-state index contributed by atoms with van der Waals surface area (Å²) in [6.07, 6.45) is 2.17. The van der Waals surface area contributed by atoms with Crippen molar-refractivity contribution < 1.29 is 19.4 Å². The van der Waals surface area contributed by atoms with Crippen LogP contribution in [0.3, 0.4) is 0 Å². The van der Waals surface area contributed by atoms with Crippen LogP contribution in [0.4, 0.5) is 0 Å². The molecule has 0 aliphatic heterocycles. The summed E-state index contributed by atoms with van der Waals surface area (Å²) in [7, 11) is 3.21. The van der Waals surface area contributed by atoms with Crippen molar-refractivity contribution in [2.75, 3.05) is 20.8 Å². The lowest BCUT2D eigenvalue weighted by Gasteiger charge is -2.22. The number of methoxy groups -OCH3 is 2. The molecule has 0 unspecified atom stereocenters. The van der Waals surface area contributed by atoms with Gasteiger partial charge in [0.2, 0.25) is 0 Å². The highest BCUT2D eigenvalue weighted by Gasteiger charge is 2.30. The van der Waals surface area contributed by atoms with E-state index >= 15 is 0 Å². The van der Waals surface area contributed by atoms with Gasteiger partial charge in [0.25, 0.3) is 0 Å². The summed E-state index contributed by atoms with van der Waals surface area (Å²) in [5.41, 5.74) is 2.16. The lowest BCUT2D eigenvalue weighted by Crippen LogP contribution is -2.31. The van der Waals surface area contributed by atoms with Crippen LogP contribution in [-0.2, 0) is 11.3 Å². The maximum atomic E-state index is 11.0. The zero-order chi connectivity index (χ0) is 14.7. The van der Waals surface area contributed by atoms with E-state index in [-0.39, 0.29) is 6.54 Å². The van der Waals surface area contributed by atoms with Gasteiger partial charge >= 0.3 is 5.97 Å². The van der Waals surface area contributed by atoms with Crippen LogP contribution < -0.4 is 9.47 Å². The van der Waals surface area contributed by atoms with E-state index in [9.17, 15) is 4.79 Å². The number of aliphatic carboxylic acids is 1. The molecule has 0 spiro atoms. The molecular weight excluding hydrogens is 258 g/mol. The third-order valence-electron chi connectivity index (χ3n) is 3.62. The molecule has 1 N–H and O–H groups in total. The van der Waals surface area contributed by atoms with Crippen molar-refractivity contribution >= 4 is 5.97 Å². The number of carboxylic acid groups (broad SMARTS) is 1. The zero-order valence-corrected chi connectivity index (χ0v) is 12.2. The zero-order valence-electron chi connectivity index (χ0n) is 12.2. The molecule has 5 heteroatoms. The van der Waals surface area contributed by atoms with Crippen LogP contribution in [0.1, 0.15) is 24.0 Å². The van der Waals surface area contributed by atoms with E-state index in [0.29, 0.717) is 24.1 Å². The number of ether oxygens (including phenoxy) is 2. The number of carboxylic acids is 1. The van der Waals surface area contributed by atoms with Gasteiger partial charge in [-0.1, -0.05) is 0 Å². The molecule has 1 aromatic rings. The molecule has 0 amide bonds. The van der Waals surface area contributed by atoms with Crippen molar-refractivity contribution in [1.29, 1.82) is 0 Å². The molecule has 0 radical (unpaired) electrons. The van der Waals surface area contributed by atoms with E-state index in [1.807, 2.05) is 24.0 Å². The van der Waals surface area contributed by atoms with Gasteiger partial charge in [-0.05, 0) is 43.0 Å². The normalized spacial score (nSPS) is 14.4. The van der Waals surface area contributed by atoms with Crippen molar-refractivity contribution in [1.82, 2.24) is 4.90 Å². The fourth-order valence-corrected chi connectivity index (χ4v) is 2.34. The Kier molecular flexibility index (Phi) is 4.49. The van der Waals surface area contributed by atoms with E-state index in [1.54, 1.807) is 14.2 Å². The smallest absolute Gasteiger partial charge is 0.317 e. The topological polar surface area (TPSA) is 59.0 Å². The van der Waals surface area contributed by atoms with E-state index in [2.05, 4.69) is 0 Å². The molecule has 0 bridgehead atoms. The molecule has 1 aromatic carbocycles.